The van der Waals surface area contributed by atoms with Crippen molar-refractivity contribution in [2.24, 2.45) is 5.92 Å². The molecule has 3 heteroatoms. The first-order chi connectivity index (χ1) is 13.4. The summed E-state index contributed by atoms with van der Waals surface area (Å²) < 4.78 is 12.0. The Hall–Kier alpha value is -2.00. The molecule has 2 unspecified atom stereocenters. The number of hydrogen-bond acceptors (Lipinski definition) is 3. The summed E-state index contributed by atoms with van der Waals surface area (Å²) in [5.74, 6) is 2.63. The second-order valence-electron chi connectivity index (χ2n) is 8.33. The van der Waals surface area contributed by atoms with Crippen LogP contribution in [0, 0.1) is 5.92 Å². The zero-order valence-electron chi connectivity index (χ0n) is 16.0. The van der Waals surface area contributed by atoms with E-state index >= 15 is 0 Å². The number of fused-ring (bicyclic) bond motifs is 2. The molecular formula is C24H29NO2. The highest BCUT2D eigenvalue weighted by Gasteiger charge is 2.33. The summed E-state index contributed by atoms with van der Waals surface area (Å²) in [5.41, 5.74) is 2.62. The maximum atomic E-state index is 6.14. The molecule has 0 amide bonds. The summed E-state index contributed by atoms with van der Waals surface area (Å²) in [7, 11) is 0. The molecule has 2 fully saturated rings. The van der Waals surface area contributed by atoms with E-state index in [-0.39, 0.29) is 6.10 Å². The number of piperidine rings is 1. The number of para-hydroxylation sites is 2. The largest absolute Gasteiger partial charge is 0.485 e. The number of likely N-dealkylation sites (tertiary alicyclic amines) is 1. The van der Waals surface area contributed by atoms with Crippen LogP contribution in [0.2, 0.25) is 0 Å². The third-order valence-electron chi connectivity index (χ3n) is 6.60. The molecule has 3 nitrogen and oxygen atoms in total. The third-order valence-corrected chi connectivity index (χ3v) is 6.60. The SMILES string of the molecule is c1ccc2c(c1)OC[C@H](c1ccc(CN3CCCC4CCCCC43)cc1)O2. The van der Waals surface area contributed by atoms with Gasteiger partial charge in [-0.15, -0.1) is 0 Å². The Bertz CT molecular complexity index is 770. The lowest BCUT2D eigenvalue weighted by Crippen LogP contribution is -2.46. The molecule has 2 heterocycles. The van der Waals surface area contributed by atoms with Crippen LogP contribution < -0.4 is 9.47 Å². The van der Waals surface area contributed by atoms with Gasteiger partial charge in [0.05, 0.1) is 0 Å². The van der Waals surface area contributed by atoms with Crippen LogP contribution in [0.4, 0.5) is 0 Å². The van der Waals surface area contributed by atoms with Crippen LogP contribution >= 0.6 is 0 Å². The van der Waals surface area contributed by atoms with E-state index < -0.39 is 0 Å². The predicted octanol–water partition coefficient (Wildman–Crippen LogP) is 5.35. The van der Waals surface area contributed by atoms with Crippen LogP contribution in [0.25, 0.3) is 0 Å². The molecule has 1 saturated carbocycles. The highest BCUT2D eigenvalue weighted by Crippen LogP contribution is 2.37. The van der Waals surface area contributed by atoms with E-state index in [1.54, 1.807) is 0 Å². The molecule has 5 rings (SSSR count). The first-order valence-electron chi connectivity index (χ1n) is 10.6. The topological polar surface area (TPSA) is 21.7 Å². The molecule has 0 radical (unpaired) electrons. The molecule has 3 aliphatic rings. The Morgan fingerprint density at radius 1 is 0.852 bits per heavy atom. The van der Waals surface area contributed by atoms with Gasteiger partial charge in [0.15, 0.2) is 17.6 Å². The van der Waals surface area contributed by atoms with E-state index in [1.165, 1.54) is 56.2 Å². The van der Waals surface area contributed by atoms with Gasteiger partial charge in [0.2, 0.25) is 0 Å². The van der Waals surface area contributed by atoms with E-state index in [4.69, 9.17) is 9.47 Å². The maximum absolute atomic E-state index is 6.14. The first kappa shape index (κ1) is 17.1. The number of rotatable bonds is 3. The fourth-order valence-electron chi connectivity index (χ4n) is 5.18. The van der Waals surface area contributed by atoms with E-state index in [2.05, 4.69) is 29.2 Å². The molecule has 0 aromatic heterocycles. The van der Waals surface area contributed by atoms with Gasteiger partial charge < -0.3 is 9.47 Å². The Balaban J connectivity index is 1.25. The molecule has 2 aromatic rings. The number of hydrogen-bond donors (Lipinski definition) is 0. The Kier molecular flexibility index (Phi) is 4.79. The monoisotopic (exact) mass is 363 g/mol. The predicted molar refractivity (Wildman–Crippen MR) is 107 cm³/mol. The zero-order valence-corrected chi connectivity index (χ0v) is 16.0. The van der Waals surface area contributed by atoms with Crippen molar-refractivity contribution in [2.45, 2.75) is 57.2 Å². The second-order valence-corrected chi connectivity index (χ2v) is 8.33. The molecular weight excluding hydrogens is 334 g/mol. The first-order valence-corrected chi connectivity index (χ1v) is 10.6. The minimum Gasteiger partial charge on any atom is -0.485 e. The van der Waals surface area contributed by atoms with Crippen LogP contribution in [0.15, 0.2) is 48.5 Å². The van der Waals surface area contributed by atoms with Gasteiger partial charge in [0, 0.05) is 12.6 Å². The maximum Gasteiger partial charge on any atom is 0.162 e. The van der Waals surface area contributed by atoms with Gasteiger partial charge >= 0.3 is 0 Å². The number of ether oxygens (including phenoxy) is 2. The minimum atomic E-state index is -0.0216. The molecule has 3 atom stereocenters. The average molecular weight is 364 g/mol. The van der Waals surface area contributed by atoms with Crippen LogP contribution in [0.5, 0.6) is 11.5 Å². The van der Waals surface area contributed by atoms with Crippen molar-refractivity contribution in [1.82, 2.24) is 4.90 Å². The molecule has 27 heavy (non-hydrogen) atoms. The average Bonchev–Trinajstić information content (AvgIpc) is 2.74. The molecule has 2 aliphatic heterocycles. The Morgan fingerprint density at radius 3 is 2.52 bits per heavy atom. The van der Waals surface area contributed by atoms with Crippen molar-refractivity contribution in [3.05, 3.63) is 59.7 Å². The lowest BCUT2D eigenvalue weighted by Gasteiger charge is -2.44. The van der Waals surface area contributed by atoms with Gasteiger partial charge in [-0.2, -0.15) is 0 Å². The summed E-state index contributed by atoms with van der Waals surface area (Å²) in [4.78, 5) is 2.75. The van der Waals surface area contributed by atoms with Crippen LogP contribution in [0.1, 0.15) is 55.8 Å². The molecule has 0 N–H and O–H groups in total. The van der Waals surface area contributed by atoms with Gasteiger partial charge in [-0.05, 0) is 61.4 Å². The Labute approximate surface area is 162 Å². The van der Waals surface area contributed by atoms with Gasteiger partial charge in [-0.25, -0.2) is 0 Å². The second kappa shape index (κ2) is 7.55. The van der Waals surface area contributed by atoms with Crippen LogP contribution in [-0.4, -0.2) is 24.1 Å². The molecule has 1 saturated heterocycles. The van der Waals surface area contributed by atoms with Gasteiger partial charge in [0.25, 0.3) is 0 Å². The minimum absolute atomic E-state index is 0.0216. The highest BCUT2D eigenvalue weighted by atomic mass is 16.6. The van der Waals surface area contributed by atoms with Gasteiger partial charge in [0.1, 0.15) is 6.61 Å². The van der Waals surface area contributed by atoms with Crippen molar-refractivity contribution in [1.29, 1.82) is 0 Å². The lowest BCUT2D eigenvalue weighted by atomic mass is 9.78. The molecule has 1 aliphatic carbocycles. The van der Waals surface area contributed by atoms with Crippen molar-refractivity contribution in [3.8, 4) is 11.5 Å². The normalized spacial score (nSPS) is 27.8. The standard InChI is InChI=1S/C24H29NO2/c1-2-8-21-19(6-1)7-5-15-25(21)16-18-11-13-20(14-12-18)24-17-26-22-9-3-4-10-23(22)27-24/h3-4,9-14,19,21,24H,1-2,5-8,15-17H2/t19?,21?,24-/m1/s1. The van der Waals surface area contributed by atoms with Crippen molar-refractivity contribution in [3.63, 3.8) is 0 Å². The van der Waals surface area contributed by atoms with Gasteiger partial charge in [-0.3, -0.25) is 4.90 Å². The summed E-state index contributed by atoms with van der Waals surface area (Å²) in [6.45, 7) is 2.93. The van der Waals surface area contributed by atoms with Crippen molar-refractivity contribution < 1.29 is 9.47 Å². The molecule has 2 aromatic carbocycles. The third kappa shape index (κ3) is 3.58. The summed E-state index contributed by atoms with van der Waals surface area (Å²) in [6, 6.07) is 17.7. The van der Waals surface area contributed by atoms with E-state index in [9.17, 15) is 0 Å². The number of nitrogens with zero attached hydrogens (tertiary/aromatic N) is 1. The summed E-state index contributed by atoms with van der Waals surface area (Å²) in [5, 5.41) is 0. The number of benzene rings is 2. The summed E-state index contributed by atoms with van der Waals surface area (Å²) in [6.07, 6.45) is 8.49. The smallest absolute Gasteiger partial charge is 0.162 e. The lowest BCUT2D eigenvalue weighted by molar-refractivity contribution is 0.0546. The highest BCUT2D eigenvalue weighted by molar-refractivity contribution is 5.41. The molecule has 0 spiro atoms. The van der Waals surface area contributed by atoms with Crippen molar-refractivity contribution in [2.75, 3.05) is 13.2 Å². The van der Waals surface area contributed by atoms with Gasteiger partial charge in [-0.1, -0.05) is 49.2 Å². The Morgan fingerprint density at radius 2 is 1.63 bits per heavy atom. The quantitative estimate of drug-likeness (QED) is 0.733. The fraction of sp³-hybridized carbons (Fsp3) is 0.500. The molecule has 142 valence electrons. The molecule has 0 bridgehead atoms. The van der Waals surface area contributed by atoms with E-state index in [0.717, 1.165) is 30.0 Å². The van der Waals surface area contributed by atoms with E-state index in [1.807, 2.05) is 24.3 Å². The van der Waals surface area contributed by atoms with Crippen LogP contribution in [0.3, 0.4) is 0 Å². The van der Waals surface area contributed by atoms with E-state index in [0.29, 0.717) is 6.61 Å². The summed E-state index contributed by atoms with van der Waals surface area (Å²) >= 11 is 0. The fourth-order valence-corrected chi connectivity index (χ4v) is 5.18. The van der Waals surface area contributed by atoms with Crippen molar-refractivity contribution >= 4 is 0 Å². The van der Waals surface area contributed by atoms with Crippen LogP contribution in [-0.2, 0) is 6.54 Å². The zero-order chi connectivity index (χ0) is 18.1.